The van der Waals surface area contributed by atoms with E-state index < -0.39 is 0 Å². The van der Waals surface area contributed by atoms with E-state index in [1.807, 2.05) is 6.07 Å². The molecule has 1 aromatic carbocycles. The summed E-state index contributed by atoms with van der Waals surface area (Å²) < 4.78 is 7.44. The first-order valence-electron chi connectivity index (χ1n) is 8.53. The Morgan fingerprint density at radius 3 is 2.80 bits per heavy atom. The Balaban J connectivity index is 1.47. The molecule has 3 heterocycles. The fourth-order valence-corrected chi connectivity index (χ4v) is 3.35. The van der Waals surface area contributed by atoms with Crippen molar-refractivity contribution in [2.45, 2.75) is 25.7 Å². The summed E-state index contributed by atoms with van der Waals surface area (Å²) in [5, 5.41) is 3.01. The van der Waals surface area contributed by atoms with E-state index in [4.69, 9.17) is 4.42 Å². The Kier molecular flexibility index (Phi) is 4.39. The molecule has 5 heteroatoms. The van der Waals surface area contributed by atoms with Crippen LogP contribution in [-0.4, -0.2) is 28.0 Å². The van der Waals surface area contributed by atoms with Gasteiger partial charge in [-0.05, 0) is 29.8 Å². The van der Waals surface area contributed by atoms with Crippen LogP contribution in [-0.2, 0) is 19.6 Å². The number of aromatic nitrogens is 1. The molecule has 25 heavy (non-hydrogen) atoms. The third-order valence-corrected chi connectivity index (χ3v) is 4.68. The molecule has 1 N–H and O–H groups in total. The molecule has 0 aliphatic carbocycles. The molecule has 1 aliphatic heterocycles. The summed E-state index contributed by atoms with van der Waals surface area (Å²) in [6.07, 6.45) is 3.62. The summed E-state index contributed by atoms with van der Waals surface area (Å²) >= 11 is 0. The zero-order valence-electron chi connectivity index (χ0n) is 14.0. The molecule has 128 valence electrons. The minimum atomic E-state index is -0.164. The molecule has 1 atom stereocenters. The van der Waals surface area contributed by atoms with E-state index in [0.717, 1.165) is 19.6 Å². The smallest absolute Gasteiger partial charge is 0.287 e. The molecule has 0 bridgehead atoms. The monoisotopic (exact) mass is 335 g/mol. The number of amides is 1. The number of nitrogens with one attached hydrogen (secondary N) is 1. The molecule has 1 unspecified atom stereocenters. The second-order valence-corrected chi connectivity index (χ2v) is 6.38. The van der Waals surface area contributed by atoms with Crippen LogP contribution in [0.15, 0.2) is 71.5 Å². The van der Waals surface area contributed by atoms with Crippen molar-refractivity contribution >= 4 is 5.91 Å². The van der Waals surface area contributed by atoms with Crippen molar-refractivity contribution < 1.29 is 9.21 Å². The van der Waals surface area contributed by atoms with Gasteiger partial charge in [-0.2, -0.15) is 0 Å². The fourth-order valence-electron chi connectivity index (χ4n) is 3.35. The largest absolute Gasteiger partial charge is 0.459 e. The molecule has 0 saturated heterocycles. The van der Waals surface area contributed by atoms with Crippen molar-refractivity contribution in [2.24, 2.45) is 0 Å². The molecule has 1 aliphatic rings. The SMILES string of the molecule is O=C(NCC1Cn2cccc2CN1Cc1ccccc1)c1ccco1. The summed E-state index contributed by atoms with van der Waals surface area (Å²) in [4.78, 5) is 14.6. The van der Waals surface area contributed by atoms with Gasteiger partial charge in [-0.1, -0.05) is 30.3 Å². The lowest BCUT2D eigenvalue weighted by Crippen LogP contribution is -2.48. The molecule has 0 spiro atoms. The van der Waals surface area contributed by atoms with Gasteiger partial charge in [-0.3, -0.25) is 9.69 Å². The van der Waals surface area contributed by atoms with Crippen molar-refractivity contribution in [1.29, 1.82) is 0 Å². The molecule has 3 aromatic rings. The fraction of sp³-hybridized carbons (Fsp3) is 0.250. The van der Waals surface area contributed by atoms with Crippen LogP contribution in [0.25, 0.3) is 0 Å². The highest BCUT2D eigenvalue weighted by Gasteiger charge is 2.26. The average Bonchev–Trinajstić information content (AvgIpc) is 3.32. The van der Waals surface area contributed by atoms with Crippen LogP contribution in [0.2, 0.25) is 0 Å². The Morgan fingerprint density at radius 2 is 2.00 bits per heavy atom. The number of furan rings is 1. The quantitative estimate of drug-likeness (QED) is 0.780. The van der Waals surface area contributed by atoms with Crippen molar-refractivity contribution in [1.82, 2.24) is 14.8 Å². The van der Waals surface area contributed by atoms with Crippen LogP contribution in [0.1, 0.15) is 21.8 Å². The standard InChI is InChI=1S/C20H21N3O2/c24-20(19-9-5-11-25-19)21-12-18-15-22-10-4-8-17(22)14-23(18)13-16-6-2-1-3-7-16/h1-11,18H,12-15H2,(H,21,24). The van der Waals surface area contributed by atoms with Gasteiger partial charge in [0.05, 0.1) is 6.26 Å². The van der Waals surface area contributed by atoms with Crippen LogP contribution in [0, 0.1) is 0 Å². The van der Waals surface area contributed by atoms with Crippen LogP contribution in [0.4, 0.5) is 0 Å². The van der Waals surface area contributed by atoms with E-state index in [0.29, 0.717) is 12.3 Å². The van der Waals surface area contributed by atoms with E-state index in [1.165, 1.54) is 17.5 Å². The zero-order valence-corrected chi connectivity index (χ0v) is 14.0. The van der Waals surface area contributed by atoms with Crippen LogP contribution in [0.3, 0.4) is 0 Å². The van der Waals surface area contributed by atoms with Gasteiger partial charge in [0.2, 0.25) is 0 Å². The van der Waals surface area contributed by atoms with Crippen LogP contribution < -0.4 is 5.32 Å². The lowest BCUT2D eigenvalue weighted by molar-refractivity contribution is 0.0873. The number of nitrogens with zero attached hydrogens (tertiary/aromatic N) is 2. The third kappa shape index (κ3) is 3.51. The summed E-state index contributed by atoms with van der Waals surface area (Å²) in [6.45, 7) is 3.20. The Morgan fingerprint density at radius 1 is 1.12 bits per heavy atom. The van der Waals surface area contributed by atoms with Crippen molar-refractivity contribution in [3.05, 3.63) is 84.1 Å². The minimum Gasteiger partial charge on any atom is -0.459 e. The predicted octanol–water partition coefficient (Wildman–Crippen LogP) is 2.90. The Bertz CT molecular complexity index is 824. The Labute approximate surface area is 146 Å². The molecule has 1 amide bonds. The van der Waals surface area contributed by atoms with Crippen molar-refractivity contribution in [2.75, 3.05) is 6.54 Å². The number of rotatable bonds is 5. The average molecular weight is 335 g/mol. The number of hydrogen-bond acceptors (Lipinski definition) is 3. The Hall–Kier alpha value is -2.79. The molecular weight excluding hydrogens is 314 g/mol. The molecule has 0 fully saturated rings. The van der Waals surface area contributed by atoms with Gasteiger partial charge in [0, 0.05) is 44.1 Å². The lowest BCUT2D eigenvalue weighted by atomic mass is 10.1. The highest BCUT2D eigenvalue weighted by atomic mass is 16.3. The highest BCUT2D eigenvalue weighted by Crippen LogP contribution is 2.20. The maximum absolute atomic E-state index is 12.2. The highest BCUT2D eigenvalue weighted by molar-refractivity contribution is 5.91. The zero-order chi connectivity index (χ0) is 17.1. The third-order valence-electron chi connectivity index (χ3n) is 4.68. The lowest BCUT2D eigenvalue weighted by Gasteiger charge is -2.37. The summed E-state index contributed by atoms with van der Waals surface area (Å²) in [5.74, 6) is 0.190. The van der Waals surface area contributed by atoms with Gasteiger partial charge in [0.25, 0.3) is 5.91 Å². The van der Waals surface area contributed by atoms with E-state index in [2.05, 4.69) is 57.4 Å². The maximum Gasteiger partial charge on any atom is 0.287 e. The number of carbonyl (C=O) groups excluding carboxylic acids is 1. The molecule has 5 nitrogen and oxygen atoms in total. The van der Waals surface area contributed by atoms with E-state index in [1.54, 1.807) is 12.1 Å². The number of carbonyl (C=O) groups is 1. The van der Waals surface area contributed by atoms with Crippen molar-refractivity contribution in [3.63, 3.8) is 0 Å². The van der Waals surface area contributed by atoms with Crippen LogP contribution in [0.5, 0.6) is 0 Å². The molecule has 4 rings (SSSR count). The summed E-state index contributed by atoms with van der Waals surface area (Å²) in [5.41, 5.74) is 2.59. The summed E-state index contributed by atoms with van der Waals surface area (Å²) in [7, 11) is 0. The van der Waals surface area contributed by atoms with Crippen molar-refractivity contribution in [3.8, 4) is 0 Å². The molecule has 2 aromatic heterocycles. The van der Waals surface area contributed by atoms with E-state index in [9.17, 15) is 4.79 Å². The molecular formula is C20H21N3O2. The van der Waals surface area contributed by atoms with Gasteiger partial charge >= 0.3 is 0 Å². The van der Waals surface area contributed by atoms with Crippen LogP contribution >= 0.6 is 0 Å². The van der Waals surface area contributed by atoms with Gasteiger partial charge in [0.1, 0.15) is 0 Å². The van der Waals surface area contributed by atoms with Gasteiger partial charge in [-0.15, -0.1) is 0 Å². The number of benzene rings is 1. The number of hydrogen-bond donors (Lipinski definition) is 1. The first-order valence-corrected chi connectivity index (χ1v) is 8.53. The van der Waals surface area contributed by atoms with Gasteiger partial charge in [-0.25, -0.2) is 0 Å². The summed E-state index contributed by atoms with van der Waals surface area (Å²) in [6, 6.07) is 18.3. The first kappa shape index (κ1) is 15.7. The first-order chi connectivity index (χ1) is 12.3. The molecule has 0 radical (unpaired) electrons. The second-order valence-electron chi connectivity index (χ2n) is 6.38. The topological polar surface area (TPSA) is 50.4 Å². The predicted molar refractivity (Wildman–Crippen MR) is 95.0 cm³/mol. The van der Waals surface area contributed by atoms with Gasteiger partial charge < -0.3 is 14.3 Å². The minimum absolute atomic E-state index is 0.164. The van der Waals surface area contributed by atoms with E-state index >= 15 is 0 Å². The van der Waals surface area contributed by atoms with E-state index in [-0.39, 0.29) is 11.9 Å². The normalized spacial score (nSPS) is 17.2. The second kappa shape index (κ2) is 6.99. The maximum atomic E-state index is 12.2. The van der Waals surface area contributed by atoms with Gasteiger partial charge in [0.15, 0.2) is 5.76 Å². The number of fused-ring (bicyclic) bond motifs is 1. The molecule has 0 saturated carbocycles.